The molecule has 1 heterocycles. The molecule has 1 saturated carbocycles. The number of aliphatic hydroxyl groups excluding tert-OH is 1. The number of halogens is 1. The predicted molar refractivity (Wildman–Crippen MR) is 85.8 cm³/mol. The topological polar surface area (TPSA) is 66.6 Å². The number of benzene rings is 1. The number of thiophene rings is 1. The van der Waals surface area contributed by atoms with Gasteiger partial charge in [-0.05, 0) is 36.1 Å². The summed E-state index contributed by atoms with van der Waals surface area (Å²) < 4.78 is 13.0. The van der Waals surface area contributed by atoms with Crippen molar-refractivity contribution in [2.24, 2.45) is 0 Å². The fraction of sp³-hybridized carbons (Fsp3) is 0.375. The van der Waals surface area contributed by atoms with Gasteiger partial charge in [0.25, 0.3) is 0 Å². The molecule has 0 spiro atoms. The van der Waals surface area contributed by atoms with E-state index in [4.69, 9.17) is 0 Å². The molecule has 7 heteroatoms. The molecular formula is C16H17FN2O3S. The van der Waals surface area contributed by atoms with Gasteiger partial charge in [0.2, 0.25) is 0 Å². The molecule has 5 nitrogen and oxygen atoms in total. The van der Waals surface area contributed by atoms with Gasteiger partial charge in [0.05, 0.1) is 11.0 Å². The fourth-order valence-corrected chi connectivity index (χ4v) is 3.29. The highest BCUT2D eigenvalue weighted by atomic mass is 32.1. The Hall–Kier alpha value is -1.83. The number of aliphatic hydroxyl groups is 1. The maximum absolute atomic E-state index is 13.0. The van der Waals surface area contributed by atoms with Crippen LogP contribution < -0.4 is 0 Å². The summed E-state index contributed by atoms with van der Waals surface area (Å²) in [6.45, 7) is 1.01. The van der Waals surface area contributed by atoms with Gasteiger partial charge < -0.3 is 5.11 Å². The van der Waals surface area contributed by atoms with Crippen LogP contribution in [0.15, 0.2) is 35.7 Å². The quantitative estimate of drug-likeness (QED) is 0.621. The van der Waals surface area contributed by atoms with Crippen LogP contribution in [0.4, 0.5) is 9.39 Å². The minimum Gasteiger partial charge on any atom is -0.387 e. The first-order valence-corrected chi connectivity index (χ1v) is 8.30. The zero-order chi connectivity index (χ0) is 16.4. The van der Waals surface area contributed by atoms with E-state index in [1.807, 2.05) is 0 Å². The third-order valence-corrected chi connectivity index (χ3v) is 4.86. The van der Waals surface area contributed by atoms with Gasteiger partial charge in [-0.3, -0.25) is 15.0 Å². The Morgan fingerprint density at radius 1 is 1.39 bits per heavy atom. The first-order chi connectivity index (χ1) is 11.0. The van der Waals surface area contributed by atoms with Crippen LogP contribution in [0.2, 0.25) is 0 Å². The van der Waals surface area contributed by atoms with E-state index in [0.717, 1.165) is 29.7 Å². The molecule has 0 aliphatic heterocycles. The maximum Gasteiger partial charge on any atom is 0.324 e. The van der Waals surface area contributed by atoms with Crippen LogP contribution in [-0.4, -0.2) is 27.5 Å². The van der Waals surface area contributed by atoms with Crippen LogP contribution in [0.1, 0.15) is 30.1 Å². The Bertz CT molecular complexity index is 685. The van der Waals surface area contributed by atoms with Gasteiger partial charge in [-0.1, -0.05) is 23.5 Å². The Morgan fingerprint density at radius 2 is 2.09 bits per heavy atom. The van der Waals surface area contributed by atoms with Crippen LogP contribution in [0.5, 0.6) is 0 Å². The van der Waals surface area contributed by atoms with Gasteiger partial charge in [0, 0.05) is 30.6 Å². The molecule has 0 bridgehead atoms. The summed E-state index contributed by atoms with van der Waals surface area (Å²) >= 11 is 1.12. The van der Waals surface area contributed by atoms with Crippen molar-refractivity contribution in [1.82, 2.24) is 4.90 Å². The molecule has 0 amide bonds. The van der Waals surface area contributed by atoms with E-state index >= 15 is 0 Å². The third kappa shape index (κ3) is 4.13. The van der Waals surface area contributed by atoms with Crippen LogP contribution in [0.25, 0.3) is 0 Å². The van der Waals surface area contributed by atoms with Crippen molar-refractivity contribution >= 4 is 16.3 Å². The number of nitro groups is 1. The molecule has 1 aromatic carbocycles. The van der Waals surface area contributed by atoms with Crippen LogP contribution in [0.3, 0.4) is 0 Å². The Balaban J connectivity index is 1.66. The van der Waals surface area contributed by atoms with Crippen molar-refractivity contribution < 1.29 is 14.4 Å². The van der Waals surface area contributed by atoms with E-state index < -0.39 is 6.10 Å². The zero-order valence-electron chi connectivity index (χ0n) is 12.4. The lowest BCUT2D eigenvalue weighted by Crippen LogP contribution is -2.30. The van der Waals surface area contributed by atoms with Crippen molar-refractivity contribution in [3.05, 3.63) is 62.8 Å². The molecule has 1 unspecified atom stereocenters. The number of hydrogen-bond donors (Lipinski definition) is 1. The first kappa shape index (κ1) is 16.0. The van der Waals surface area contributed by atoms with Crippen molar-refractivity contribution in [3.63, 3.8) is 0 Å². The van der Waals surface area contributed by atoms with Crippen LogP contribution >= 0.6 is 11.3 Å². The second kappa shape index (κ2) is 6.74. The molecule has 3 rings (SSSR count). The zero-order valence-corrected chi connectivity index (χ0v) is 13.2. The fourth-order valence-electron chi connectivity index (χ4n) is 2.57. The lowest BCUT2D eigenvalue weighted by atomic mass is 10.1. The summed E-state index contributed by atoms with van der Waals surface area (Å²) in [6.07, 6.45) is 1.44. The van der Waals surface area contributed by atoms with E-state index in [1.54, 1.807) is 23.6 Å². The molecule has 0 saturated heterocycles. The molecular weight excluding hydrogens is 319 g/mol. The van der Waals surface area contributed by atoms with Gasteiger partial charge >= 0.3 is 5.00 Å². The summed E-state index contributed by atoms with van der Waals surface area (Å²) in [4.78, 5) is 12.5. The number of hydrogen-bond acceptors (Lipinski definition) is 5. The van der Waals surface area contributed by atoms with E-state index in [9.17, 15) is 19.6 Å². The lowest BCUT2D eigenvalue weighted by Gasteiger charge is -2.24. The van der Waals surface area contributed by atoms with Gasteiger partial charge in [0.1, 0.15) is 5.82 Å². The summed E-state index contributed by atoms with van der Waals surface area (Å²) in [7, 11) is 0. The average molecular weight is 336 g/mol. The smallest absolute Gasteiger partial charge is 0.324 e. The Morgan fingerprint density at radius 3 is 2.65 bits per heavy atom. The Labute approximate surface area is 137 Å². The van der Waals surface area contributed by atoms with Crippen molar-refractivity contribution in [3.8, 4) is 0 Å². The van der Waals surface area contributed by atoms with Gasteiger partial charge in [0.15, 0.2) is 0 Å². The monoisotopic (exact) mass is 336 g/mol. The Kier molecular flexibility index (Phi) is 4.70. The minimum absolute atomic E-state index is 0.134. The highest BCUT2D eigenvalue weighted by Gasteiger charge is 2.31. The van der Waals surface area contributed by atoms with Gasteiger partial charge in [-0.2, -0.15) is 0 Å². The largest absolute Gasteiger partial charge is 0.387 e. The summed E-state index contributed by atoms with van der Waals surface area (Å²) in [5.74, 6) is -0.328. The second-order valence-corrected chi connectivity index (χ2v) is 6.67. The standard InChI is InChI=1S/C16H17FN2O3S/c17-13-3-1-12(2-4-13)15(20)9-18(14-5-6-14)8-11-7-16(19(21)22)23-10-11/h1-4,7,10,14-15,20H,5-6,8-9H2. The number of rotatable bonds is 7. The van der Waals surface area contributed by atoms with Crippen molar-refractivity contribution in [2.75, 3.05) is 6.54 Å². The lowest BCUT2D eigenvalue weighted by molar-refractivity contribution is -0.380. The van der Waals surface area contributed by atoms with E-state index in [-0.39, 0.29) is 15.7 Å². The molecule has 2 aromatic rings. The molecule has 23 heavy (non-hydrogen) atoms. The first-order valence-electron chi connectivity index (χ1n) is 7.42. The van der Waals surface area contributed by atoms with Crippen molar-refractivity contribution in [1.29, 1.82) is 0 Å². The summed E-state index contributed by atoms with van der Waals surface area (Å²) in [6, 6.07) is 7.83. The highest BCUT2D eigenvalue weighted by Crippen LogP contribution is 2.32. The predicted octanol–water partition coefficient (Wildman–Crippen LogP) is 3.49. The van der Waals surface area contributed by atoms with E-state index in [0.29, 0.717) is 24.7 Å². The van der Waals surface area contributed by atoms with Gasteiger partial charge in [-0.15, -0.1) is 0 Å². The number of nitrogens with zero attached hydrogens (tertiary/aromatic N) is 2. The van der Waals surface area contributed by atoms with Crippen LogP contribution in [-0.2, 0) is 6.54 Å². The summed E-state index contributed by atoms with van der Waals surface area (Å²) in [5.41, 5.74) is 1.56. The second-order valence-electron chi connectivity index (χ2n) is 5.78. The van der Waals surface area contributed by atoms with Crippen LogP contribution in [0, 0.1) is 15.9 Å². The van der Waals surface area contributed by atoms with E-state index in [2.05, 4.69) is 4.90 Å². The highest BCUT2D eigenvalue weighted by molar-refractivity contribution is 7.13. The molecule has 1 N–H and O–H groups in total. The molecule has 1 aliphatic carbocycles. The summed E-state index contributed by atoms with van der Waals surface area (Å²) in [5, 5.41) is 23.1. The molecule has 1 atom stereocenters. The van der Waals surface area contributed by atoms with E-state index in [1.165, 1.54) is 12.1 Å². The molecule has 1 aliphatic rings. The molecule has 1 fully saturated rings. The van der Waals surface area contributed by atoms with Gasteiger partial charge in [-0.25, -0.2) is 4.39 Å². The minimum atomic E-state index is -0.704. The maximum atomic E-state index is 13.0. The average Bonchev–Trinajstić information content (AvgIpc) is 3.26. The third-order valence-electron chi connectivity index (χ3n) is 3.93. The molecule has 0 radical (unpaired) electrons. The SMILES string of the molecule is O=[N+]([O-])c1cc(CN(CC(O)c2ccc(F)cc2)C2CC2)cs1. The normalized spacial score (nSPS) is 15.8. The molecule has 122 valence electrons. The van der Waals surface area contributed by atoms with Crippen molar-refractivity contribution in [2.45, 2.75) is 31.5 Å². The molecule has 1 aromatic heterocycles.